The summed E-state index contributed by atoms with van der Waals surface area (Å²) in [4.78, 5) is 16.1. The van der Waals surface area contributed by atoms with E-state index in [9.17, 15) is 13.2 Å². The van der Waals surface area contributed by atoms with Crippen molar-refractivity contribution in [1.29, 1.82) is 0 Å². The molecule has 1 amide bonds. The summed E-state index contributed by atoms with van der Waals surface area (Å²) in [5.41, 5.74) is 1.00. The van der Waals surface area contributed by atoms with E-state index in [1.54, 1.807) is 40.7 Å². The van der Waals surface area contributed by atoms with Gasteiger partial charge < -0.3 is 4.90 Å². The average molecular weight is 478 g/mol. The van der Waals surface area contributed by atoms with Crippen LogP contribution in [0.15, 0.2) is 46.7 Å². The Morgan fingerprint density at radius 3 is 2.45 bits per heavy atom. The lowest BCUT2D eigenvalue weighted by Gasteiger charge is -2.35. The summed E-state index contributed by atoms with van der Waals surface area (Å²) in [7, 11) is -3.57. The molecule has 0 bridgehead atoms. The molecular weight excluding hydrogens is 454 g/mol. The van der Waals surface area contributed by atoms with Gasteiger partial charge in [-0.15, -0.1) is 11.3 Å². The second kappa shape index (κ2) is 8.65. The fraction of sp³-hybridized carbons (Fsp3) is 0.350. The molecule has 1 atom stereocenters. The Labute approximate surface area is 190 Å². The zero-order chi connectivity index (χ0) is 22.2. The Bertz CT molecular complexity index is 1220. The van der Waals surface area contributed by atoms with Gasteiger partial charge >= 0.3 is 0 Å². The Morgan fingerprint density at radius 1 is 1.16 bits per heavy atom. The van der Waals surface area contributed by atoms with Gasteiger partial charge in [-0.25, -0.2) is 8.42 Å². The molecular formula is C20H23N5O3S3. The Balaban J connectivity index is 1.47. The fourth-order valence-corrected chi connectivity index (χ4v) is 6.05. The quantitative estimate of drug-likeness (QED) is 0.571. The molecule has 8 nitrogen and oxygen atoms in total. The monoisotopic (exact) mass is 477 g/mol. The number of thiophene rings is 1. The van der Waals surface area contributed by atoms with E-state index in [0.29, 0.717) is 23.7 Å². The van der Waals surface area contributed by atoms with Gasteiger partial charge in [0.05, 0.1) is 9.77 Å². The third-order valence-corrected chi connectivity index (χ3v) is 8.47. The summed E-state index contributed by atoms with van der Waals surface area (Å²) in [6.45, 7) is 4.87. The van der Waals surface area contributed by atoms with E-state index in [2.05, 4.69) is 10.2 Å². The van der Waals surface area contributed by atoms with E-state index in [0.717, 1.165) is 10.4 Å². The highest BCUT2D eigenvalue weighted by molar-refractivity contribution is 7.89. The summed E-state index contributed by atoms with van der Waals surface area (Å²) in [5, 5.41) is 9.01. The lowest BCUT2D eigenvalue weighted by molar-refractivity contribution is -0.135. The van der Waals surface area contributed by atoms with Crippen LogP contribution in [0.5, 0.6) is 0 Å². The first kappa shape index (κ1) is 21.9. The third kappa shape index (κ3) is 4.22. The number of carbonyl (C=O) groups is 1. The number of benzene rings is 1. The first-order valence-corrected chi connectivity index (χ1v) is 12.6. The molecule has 0 aliphatic carbocycles. The zero-order valence-corrected chi connectivity index (χ0v) is 19.6. The van der Waals surface area contributed by atoms with Gasteiger partial charge in [0.1, 0.15) is 6.04 Å². The highest BCUT2D eigenvalue weighted by Gasteiger charge is 2.32. The number of carbonyl (C=O) groups excluding carboxylic acids is 1. The van der Waals surface area contributed by atoms with E-state index in [1.165, 1.54) is 15.6 Å². The minimum atomic E-state index is -3.57. The molecule has 3 aromatic rings. The van der Waals surface area contributed by atoms with Crippen molar-refractivity contribution in [2.24, 2.45) is 0 Å². The van der Waals surface area contributed by atoms with Crippen LogP contribution in [0.2, 0.25) is 0 Å². The first-order chi connectivity index (χ1) is 14.8. The number of nitrogens with one attached hydrogen (secondary N) is 1. The highest BCUT2D eigenvalue weighted by Crippen LogP contribution is 2.27. The number of aromatic amines is 1. The van der Waals surface area contributed by atoms with Crippen LogP contribution in [0.25, 0.3) is 10.7 Å². The Kier molecular flexibility index (Phi) is 6.11. The molecule has 0 radical (unpaired) electrons. The predicted molar refractivity (Wildman–Crippen MR) is 122 cm³/mol. The van der Waals surface area contributed by atoms with Gasteiger partial charge in [-0.05, 0) is 49.6 Å². The van der Waals surface area contributed by atoms with Crippen LogP contribution in [0.3, 0.4) is 0 Å². The predicted octanol–water partition coefficient (Wildman–Crippen LogP) is 3.07. The van der Waals surface area contributed by atoms with E-state index >= 15 is 0 Å². The highest BCUT2D eigenvalue weighted by atomic mass is 32.2. The number of hydrogen-bond acceptors (Lipinski definition) is 6. The van der Waals surface area contributed by atoms with Crippen molar-refractivity contribution < 1.29 is 13.2 Å². The zero-order valence-electron chi connectivity index (χ0n) is 17.2. The van der Waals surface area contributed by atoms with Crippen molar-refractivity contribution in [3.63, 3.8) is 0 Å². The summed E-state index contributed by atoms with van der Waals surface area (Å²) >= 11 is 6.89. The smallest absolute Gasteiger partial charge is 0.245 e. The van der Waals surface area contributed by atoms with Gasteiger partial charge in [0, 0.05) is 26.2 Å². The molecule has 11 heteroatoms. The van der Waals surface area contributed by atoms with Crippen molar-refractivity contribution >= 4 is 39.5 Å². The lowest BCUT2D eigenvalue weighted by Crippen LogP contribution is -2.51. The molecule has 1 fully saturated rings. The number of piperazine rings is 1. The third-order valence-electron chi connectivity index (χ3n) is 5.40. The number of H-pyrrole nitrogens is 1. The van der Waals surface area contributed by atoms with Crippen LogP contribution in [-0.4, -0.2) is 64.5 Å². The van der Waals surface area contributed by atoms with E-state index < -0.39 is 16.1 Å². The molecule has 0 saturated carbocycles. The maximum absolute atomic E-state index is 13.2. The van der Waals surface area contributed by atoms with Crippen molar-refractivity contribution in [2.75, 3.05) is 26.2 Å². The fourth-order valence-electron chi connectivity index (χ4n) is 3.63. The summed E-state index contributed by atoms with van der Waals surface area (Å²) < 4.78 is 29.4. The number of aromatic nitrogens is 3. The second-order valence-electron chi connectivity index (χ2n) is 7.42. The average Bonchev–Trinajstić information content (AvgIpc) is 3.43. The molecule has 1 aromatic carbocycles. The van der Waals surface area contributed by atoms with Crippen LogP contribution < -0.4 is 0 Å². The maximum atomic E-state index is 13.2. The normalized spacial score (nSPS) is 16.4. The van der Waals surface area contributed by atoms with Crippen molar-refractivity contribution in [3.8, 4) is 10.7 Å². The summed E-state index contributed by atoms with van der Waals surface area (Å²) in [6.07, 6.45) is 0. The van der Waals surface area contributed by atoms with E-state index in [4.69, 9.17) is 12.2 Å². The largest absolute Gasteiger partial charge is 0.338 e. The number of amides is 1. The molecule has 164 valence electrons. The molecule has 1 N–H and O–H groups in total. The second-order valence-corrected chi connectivity index (χ2v) is 10.7. The topological polar surface area (TPSA) is 91.3 Å². The van der Waals surface area contributed by atoms with E-state index in [-0.39, 0.29) is 23.9 Å². The number of hydrogen-bond donors (Lipinski definition) is 1. The first-order valence-electron chi connectivity index (χ1n) is 9.85. The van der Waals surface area contributed by atoms with Crippen LogP contribution in [0, 0.1) is 11.7 Å². The molecule has 4 rings (SSSR count). The molecule has 1 unspecified atom stereocenters. The molecule has 1 aliphatic heterocycles. The number of sulfonamides is 1. The van der Waals surface area contributed by atoms with Crippen molar-refractivity contribution in [1.82, 2.24) is 24.0 Å². The summed E-state index contributed by atoms with van der Waals surface area (Å²) in [5.74, 6) is 0.518. The van der Waals surface area contributed by atoms with Gasteiger partial charge in [-0.2, -0.15) is 9.40 Å². The standard InChI is InChI=1S/C20H23N5O3S3/c1-14-5-7-16(8-6-14)31(27,28)24-11-9-23(10-12-24)19(26)15(2)25-18(21-22-20(25)29)17-4-3-13-30-17/h3-8,13,15H,9-12H2,1-2H3,(H,22,29). The number of nitrogens with zero attached hydrogens (tertiary/aromatic N) is 4. The summed E-state index contributed by atoms with van der Waals surface area (Å²) in [6, 6.07) is 10.1. The van der Waals surface area contributed by atoms with Crippen LogP contribution in [0.1, 0.15) is 18.5 Å². The lowest BCUT2D eigenvalue weighted by atomic mass is 10.2. The number of rotatable bonds is 5. The van der Waals surface area contributed by atoms with Crippen LogP contribution >= 0.6 is 23.6 Å². The van der Waals surface area contributed by atoms with Gasteiger partial charge in [0.15, 0.2) is 10.6 Å². The van der Waals surface area contributed by atoms with Gasteiger partial charge in [-0.1, -0.05) is 23.8 Å². The maximum Gasteiger partial charge on any atom is 0.245 e. The molecule has 3 heterocycles. The van der Waals surface area contributed by atoms with Crippen LogP contribution in [0.4, 0.5) is 0 Å². The SMILES string of the molecule is Cc1ccc(S(=O)(=O)N2CCN(C(=O)C(C)n3c(-c4cccs4)n[nH]c3=S)CC2)cc1. The van der Waals surface area contributed by atoms with E-state index in [1.807, 2.05) is 24.4 Å². The van der Waals surface area contributed by atoms with Gasteiger partial charge in [-0.3, -0.25) is 14.5 Å². The van der Waals surface area contributed by atoms with Crippen molar-refractivity contribution in [2.45, 2.75) is 24.8 Å². The molecule has 2 aromatic heterocycles. The molecule has 31 heavy (non-hydrogen) atoms. The molecule has 1 saturated heterocycles. The Morgan fingerprint density at radius 2 is 1.84 bits per heavy atom. The van der Waals surface area contributed by atoms with Crippen molar-refractivity contribution in [3.05, 3.63) is 52.1 Å². The van der Waals surface area contributed by atoms with Gasteiger partial charge in [0.2, 0.25) is 15.9 Å². The Hall–Kier alpha value is -2.34. The minimum absolute atomic E-state index is 0.109. The minimum Gasteiger partial charge on any atom is -0.338 e. The molecule has 0 spiro atoms. The number of aryl methyl sites for hydroxylation is 1. The molecule has 1 aliphatic rings. The van der Waals surface area contributed by atoms with Gasteiger partial charge in [0.25, 0.3) is 0 Å². The van der Waals surface area contributed by atoms with Crippen LogP contribution in [-0.2, 0) is 14.8 Å².